The lowest BCUT2D eigenvalue weighted by Gasteiger charge is -2.26. The SMILES string of the molecule is FC(F)n1ccc(-c2cnc3[nH]ccc3c2N[C@@H]2CCCNC2)n1. The highest BCUT2D eigenvalue weighted by atomic mass is 19.3. The summed E-state index contributed by atoms with van der Waals surface area (Å²) in [5, 5.41) is 11.8. The fourth-order valence-corrected chi connectivity index (χ4v) is 3.13. The number of H-pyrrole nitrogens is 1. The summed E-state index contributed by atoms with van der Waals surface area (Å²) in [6.07, 6.45) is 6.95. The van der Waals surface area contributed by atoms with Crippen LogP contribution < -0.4 is 10.6 Å². The van der Waals surface area contributed by atoms with Crippen molar-refractivity contribution in [2.45, 2.75) is 25.4 Å². The first kappa shape index (κ1) is 15.1. The van der Waals surface area contributed by atoms with Crippen LogP contribution in [0.25, 0.3) is 22.3 Å². The van der Waals surface area contributed by atoms with Gasteiger partial charge in [0.05, 0.1) is 11.4 Å². The molecule has 3 aromatic rings. The molecule has 6 nitrogen and oxygen atoms in total. The van der Waals surface area contributed by atoms with Crippen molar-refractivity contribution < 1.29 is 8.78 Å². The van der Waals surface area contributed by atoms with Gasteiger partial charge in [0.25, 0.3) is 0 Å². The third-order valence-electron chi connectivity index (χ3n) is 4.32. The highest BCUT2D eigenvalue weighted by Gasteiger charge is 2.19. The van der Waals surface area contributed by atoms with E-state index in [0.29, 0.717) is 10.4 Å². The van der Waals surface area contributed by atoms with Gasteiger partial charge in [-0.3, -0.25) is 0 Å². The van der Waals surface area contributed by atoms with Crippen LogP contribution in [0.3, 0.4) is 0 Å². The number of hydrogen-bond acceptors (Lipinski definition) is 4. The molecule has 4 heterocycles. The number of pyridine rings is 1. The lowest BCUT2D eigenvalue weighted by Crippen LogP contribution is -2.38. The molecule has 0 bridgehead atoms. The zero-order valence-corrected chi connectivity index (χ0v) is 13.0. The number of rotatable bonds is 4. The molecule has 126 valence electrons. The Morgan fingerprint density at radius 2 is 2.25 bits per heavy atom. The van der Waals surface area contributed by atoms with Crippen molar-refractivity contribution in [1.29, 1.82) is 0 Å². The third-order valence-corrected chi connectivity index (χ3v) is 4.32. The van der Waals surface area contributed by atoms with Gasteiger partial charge in [-0.1, -0.05) is 0 Å². The number of aromatic amines is 1. The smallest absolute Gasteiger partial charge is 0.333 e. The van der Waals surface area contributed by atoms with Gasteiger partial charge in [-0.25, -0.2) is 9.67 Å². The number of halogens is 2. The maximum Gasteiger partial charge on any atom is 0.333 e. The van der Waals surface area contributed by atoms with E-state index in [1.54, 1.807) is 12.3 Å². The third kappa shape index (κ3) is 2.73. The van der Waals surface area contributed by atoms with Gasteiger partial charge in [-0.15, -0.1) is 0 Å². The van der Waals surface area contributed by atoms with E-state index in [2.05, 4.69) is 25.7 Å². The molecule has 0 saturated carbocycles. The van der Waals surface area contributed by atoms with Crippen LogP contribution >= 0.6 is 0 Å². The second-order valence-electron chi connectivity index (χ2n) is 5.93. The number of piperidine rings is 1. The summed E-state index contributed by atoms with van der Waals surface area (Å²) in [6, 6.07) is 3.82. The van der Waals surface area contributed by atoms with E-state index >= 15 is 0 Å². The number of fused-ring (bicyclic) bond motifs is 1. The summed E-state index contributed by atoms with van der Waals surface area (Å²) in [7, 11) is 0. The van der Waals surface area contributed by atoms with Crippen molar-refractivity contribution in [3.63, 3.8) is 0 Å². The average molecular weight is 332 g/mol. The van der Waals surface area contributed by atoms with Crippen LogP contribution in [0.1, 0.15) is 19.4 Å². The molecule has 1 aliphatic heterocycles. The van der Waals surface area contributed by atoms with Gasteiger partial charge in [-0.05, 0) is 31.5 Å². The highest BCUT2D eigenvalue weighted by molar-refractivity contribution is 5.97. The maximum absolute atomic E-state index is 12.8. The Labute approximate surface area is 137 Å². The number of nitrogens with zero attached hydrogens (tertiary/aromatic N) is 3. The van der Waals surface area contributed by atoms with Crippen LogP contribution in [0.4, 0.5) is 14.5 Å². The van der Waals surface area contributed by atoms with Crippen molar-refractivity contribution >= 4 is 16.7 Å². The zero-order chi connectivity index (χ0) is 16.5. The summed E-state index contributed by atoms with van der Waals surface area (Å²) < 4.78 is 26.3. The standard InChI is InChI=1S/C16H18F2N6/c17-16(18)24-7-4-13(23-24)12-9-21-15-11(3-6-20-15)14(12)22-10-2-1-5-19-8-10/h3-4,6-7,9-10,16,19H,1-2,5,8H2,(H2,20,21,22)/t10-/m1/s1. The van der Waals surface area contributed by atoms with Gasteiger partial charge in [0, 0.05) is 42.1 Å². The second kappa shape index (κ2) is 6.20. The van der Waals surface area contributed by atoms with Crippen molar-refractivity contribution in [2.75, 3.05) is 18.4 Å². The lowest BCUT2D eigenvalue weighted by atomic mass is 10.0. The monoisotopic (exact) mass is 332 g/mol. The molecule has 0 amide bonds. The molecule has 1 aliphatic rings. The quantitative estimate of drug-likeness (QED) is 0.687. The lowest BCUT2D eigenvalue weighted by molar-refractivity contribution is 0.0568. The number of hydrogen-bond donors (Lipinski definition) is 3. The number of alkyl halides is 2. The summed E-state index contributed by atoms with van der Waals surface area (Å²) in [5.74, 6) is 0. The molecule has 3 N–H and O–H groups in total. The summed E-state index contributed by atoms with van der Waals surface area (Å²) in [6.45, 7) is -0.750. The molecule has 1 fully saturated rings. The van der Waals surface area contributed by atoms with Gasteiger partial charge in [0.1, 0.15) is 5.65 Å². The predicted octanol–water partition coefficient (Wildman–Crippen LogP) is 2.99. The molecule has 0 aliphatic carbocycles. The molecule has 0 spiro atoms. The molecule has 24 heavy (non-hydrogen) atoms. The molecule has 8 heteroatoms. The highest BCUT2D eigenvalue weighted by Crippen LogP contribution is 2.33. The molecule has 0 aromatic carbocycles. The van der Waals surface area contributed by atoms with Crippen molar-refractivity contribution in [3.8, 4) is 11.3 Å². The molecule has 3 aromatic heterocycles. The van der Waals surface area contributed by atoms with E-state index in [9.17, 15) is 8.78 Å². The van der Waals surface area contributed by atoms with Gasteiger partial charge in [-0.2, -0.15) is 13.9 Å². The number of aromatic nitrogens is 4. The first-order chi connectivity index (χ1) is 11.7. The Morgan fingerprint density at radius 3 is 3.00 bits per heavy atom. The Hall–Kier alpha value is -2.48. The van der Waals surface area contributed by atoms with Crippen LogP contribution in [0.2, 0.25) is 0 Å². The van der Waals surface area contributed by atoms with E-state index in [1.165, 1.54) is 6.20 Å². The molecular formula is C16H18F2N6. The van der Waals surface area contributed by atoms with Crippen molar-refractivity contribution in [1.82, 2.24) is 25.1 Å². The summed E-state index contributed by atoms with van der Waals surface area (Å²) in [5.41, 5.74) is 2.86. The molecule has 0 radical (unpaired) electrons. The fraction of sp³-hybridized carbons (Fsp3) is 0.375. The van der Waals surface area contributed by atoms with E-state index in [-0.39, 0.29) is 6.04 Å². The van der Waals surface area contributed by atoms with Crippen molar-refractivity contribution in [3.05, 3.63) is 30.7 Å². The average Bonchev–Trinajstić information content (AvgIpc) is 3.25. The van der Waals surface area contributed by atoms with Gasteiger partial charge < -0.3 is 15.6 Å². The van der Waals surface area contributed by atoms with Crippen LogP contribution in [0.5, 0.6) is 0 Å². The number of anilines is 1. The van der Waals surface area contributed by atoms with Crippen LogP contribution in [0, 0.1) is 0 Å². The van der Waals surface area contributed by atoms with Gasteiger partial charge in [0.2, 0.25) is 0 Å². The number of nitrogens with one attached hydrogen (secondary N) is 3. The zero-order valence-electron chi connectivity index (χ0n) is 13.0. The Bertz CT molecular complexity index is 834. The van der Waals surface area contributed by atoms with E-state index < -0.39 is 6.55 Å². The molecule has 1 atom stereocenters. The first-order valence-corrected chi connectivity index (χ1v) is 7.99. The van der Waals surface area contributed by atoms with Crippen LogP contribution in [-0.4, -0.2) is 38.9 Å². The largest absolute Gasteiger partial charge is 0.380 e. The van der Waals surface area contributed by atoms with Crippen LogP contribution in [0.15, 0.2) is 30.7 Å². The molecular weight excluding hydrogens is 314 g/mol. The van der Waals surface area contributed by atoms with Crippen LogP contribution in [-0.2, 0) is 0 Å². The topological polar surface area (TPSA) is 70.6 Å². The fourth-order valence-electron chi connectivity index (χ4n) is 3.13. The minimum Gasteiger partial charge on any atom is -0.380 e. The maximum atomic E-state index is 12.8. The van der Waals surface area contributed by atoms with E-state index in [1.807, 2.05) is 12.3 Å². The minimum atomic E-state index is -2.65. The van der Waals surface area contributed by atoms with Gasteiger partial charge >= 0.3 is 6.55 Å². The summed E-state index contributed by atoms with van der Waals surface area (Å²) >= 11 is 0. The predicted molar refractivity (Wildman–Crippen MR) is 88.1 cm³/mol. The summed E-state index contributed by atoms with van der Waals surface area (Å²) in [4.78, 5) is 7.46. The normalized spacial score (nSPS) is 18.4. The van der Waals surface area contributed by atoms with Crippen molar-refractivity contribution in [2.24, 2.45) is 0 Å². The first-order valence-electron chi connectivity index (χ1n) is 7.99. The molecule has 1 saturated heterocycles. The Balaban J connectivity index is 1.77. The van der Waals surface area contributed by atoms with E-state index in [0.717, 1.165) is 48.2 Å². The second-order valence-corrected chi connectivity index (χ2v) is 5.93. The minimum absolute atomic E-state index is 0.287. The Kier molecular flexibility index (Phi) is 3.89. The molecule has 4 rings (SSSR count). The van der Waals surface area contributed by atoms with Gasteiger partial charge in [0.15, 0.2) is 0 Å². The molecule has 0 unspecified atom stereocenters. The Morgan fingerprint density at radius 1 is 1.33 bits per heavy atom. The van der Waals surface area contributed by atoms with E-state index in [4.69, 9.17) is 0 Å².